The summed E-state index contributed by atoms with van der Waals surface area (Å²) in [5, 5.41) is 8.80. The number of ether oxygens (including phenoxy) is 1. The van der Waals surface area contributed by atoms with E-state index in [-0.39, 0.29) is 17.3 Å². The molecule has 2 N–H and O–H groups in total. The summed E-state index contributed by atoms with van der Waals surface area (Å²) in [5.74, 6) is 0.354. The summed E-state index contributed by atoms with van der Waals surface area (Å²) in [6, 6.07) is 14.6. The summed E-state index contributed by atoms with van der Waals surface area (Å²) >= 11 is 0. The monoisotopic (exact) mass is 302 g/mol. The highest BCUT2D eigenvalue weighted by molar-refractivity contribution is 7.91. The van der Waals surface area contributed by atoms with Crippen LogP contribution >= 0.6 is 0 Å². The van der Waals surface area contributed by atoms with Crippen LogP contribution in [-0.4, -0.2) is 20.8 Å². The molecule has 0 heterocycles. The zero-order valence-corrected chi connectivity index (χ0v) is 12.0. The number of nitrogens with two attached hydrogens (primary N) is 1. The molecule has 0 fully saturated rings. The molecule has 0 unspecified atom stereocenters. The van der Waals surface area contributed by atoms with Crippen LogP contribution in [0, 0.1) is 11.3 Å². The maximum absolute atomic E-state index is 12.1. The number of hydrogen-bond acceptors (Lipinski definition) is 5. The first kappa shape index (κ1) is 14.9. The first-order valence-corrected chi connectivity index (χ1v) is 7.88. The van der Waals surface area contributed by atoms with Crippen molar-refractivity contribution in [3.8, 4) is 11.8 Å². The Kier molecular flexibility index (Phi) is 4.45. The van der Waals surface area contributed by atoms with Crippen molar-refractivity contribution >= 4 is 15.5 Å². The van der Waals surface area contributed by atoms with Crippen LogP contribution < -0.4 is 10.5 Å². The van der Waals surface area contributed by atoms with Gasteiger partial charge < -0.3 is 10.5 Å². The number of nitrogens with zero attached hydrogens (tertiary/aromatic N) is 1. The third-order valence-electron chi connectivity index (χ3n) is 2.80. The van der Waals surface area contributed by atoms with Crippen molar-refractivity contribution < 1.29 is 13.2 Å². The first-order chi connectivity index (χ1) is 10.0. The van der Waals surface area contributed by atoms with E-state index in [1.165, 1.54) is 12.1 Å². The molecular weight excluding hydrogens is 288 g/mol. The van der Waals surface area contributed by atoms with E-state index in [2.05, 4.69) is 0 Å². The normalized spacial score (nSPS) is 10.8. The summed E-state index contributed by atoms with van der Waals surface area (Å²) in [4.78, 5) is 0.123. The average Bonchev–Trinajstić information content (AvgIpc) is 2.47. The molecule has 0 aliphatic rings. The quantitative estimate of drug-likeness (QED) is 0.853. The van der Waals surface area contributed by atoms with Gasteiger partial charge >= 0.3 is 0 Å². The highest BCUT2D eigenvalue weighted by atomic mass is 32.2. The summed E-state index contributed by atoms with van der Waals surface area (Å²) in [6.45, 7) is 0.0164. The molecule has 0 saturated carbocycles. The molecule has 0 aromatic heterocycles. The van der Waals surface area contributed by atoms with Gasteiger partial charge in [-0.2, -0.15) is 5.26 Å². The van der Waals surface area contributed by atoms with Gasteiger partial charge in [0.25, 0.3) is 0 Å². The predicted molar refractivity (Wildman–Crippen MR) is 79.6 cm³/mol. The van der Waals surface area contributed by atoms with Crippen LogP contribution in [0.3, 0.4) is 0 Å². The van der Waals surface area contributed by atoms with E-state index < -0.39 is 9.84 Å². The molecule has 2 rings (SSSR count). The molecule has 108 valence electrons. The summed E-state index contributed by atoms with van der Waals surface area (Å²) in [5.41, 5.74) is 6.48. The fourth-order valence-electron chi connectivity index (χ4n) is 1.75. The molecule has 0 aliphatic carbocycles. The SMILES string of the molecule is N#Cc1cccc(S(=O)(=O)CCOc2cccc(N)c2)c1. The molecule has 0 atom stereocenters. The zero-order chi connectivity index (χ0) is 15.3. The van der Waals surface area contributed by atoms with E-state index in [4.69, 9.17) is 15.7 Å². The summed E-state index contributed by atoms with van der Waals surface area (Å²) in [7, 11) is -3.48. The third kappa shape index (κ3) is 3.97. The Bertz CT molecular complexity index is 780. The van der Waals surface area contributed by atoms with Gasteiger partial charge in [0.15, 0.2) is 9.84 Å². The Labute approximate surface area is 123 Å². The number of sulfone groups is 1. The van der Waals surface area contributed by atoms with Crippen molar-refractivity contribution in [3.05, 3.63) is 54.1 Å². The van der Waals surface area contributed by atoms with E-state index in [1.807, 2.05) is 6.07 Å². The van der Waals surface area contributed by atoms with E-state index in [0.29, 0.717) is 17.0 Å². The number of nitriles is 1. The zero-order valence-electron chi connectivity index (χ0n) is 11.2. The van der Waals surface area contributed by atoms with Crippen LogP contribution in [0.2, 0.25) is 0 Å². The fraction of sp³-hybridized carbons (Fsp3) is 0.133. The van der Waals surface area contributed by atoms with Crippen LogP contribution in [0.25, 0.3) is 0 Å². The van der Waals surface area contributed by atoms with E-state index in [9.17, 15) is 8.42 Å². The molecule has 5 nitrogen and oxygen atoms in total. The molecule has 0 aliphatic heterocycles. The van der Waals surface area contributed by atoms with Gasteiger partial charge in [-0.3, -0.25) is 0 Å². The molecule has 0 radical (unpaired) electrons. The van der Waals surface area contributed by atoms with Crippen LogP contribution in [0.15, 0.2) is 53.4 Å². The van der Waals surface area contributed by atoms with Gasteiger partial charge in [-0.15, -0.1) is 0 Å². The van der Waals surface area contributed by atoms with Crippen molar-refractivity contribution in [1.29, 1.82) is 5.26 Å². The van der Waals surface area contributed by atoms with E-state index in [1.54, 1.807) is 36.4 Å². The maximum atomic E-state index is 12.1. The number of rotatable bonds is 5. The molecule has 6 heteroatoms. The predicted octanol–water partition coefficient (Wildman–Crippen LogP) is 1.99. The molecule has 0 amide bonds. The molecular formula is C15H14N2O3S. The Balaban J connectivity index is 2.03. The number of nitrogen functional groups attached to an aromatic ring is 1. The second-order valence-electron chi connectivity index (χ2n) is 4.38. The number of benzene rings is 2. The van der Waals surface area contributed by atoms with Gasteiger partial charge in [-0.25, -0.2) is 8.42 Å². The van der Waals surface area contributed by atoms with Gasteiger partial charge in [-0.1, -0.05) is 12.1 Å². The lowest BCUT2D eigenvalue weighted by Gasteiger charge is -2.08. The Morgan fingerprint density at radius 3 is 2.62 bits per heavy atom. The number of hydrogen-bond donors (Lipinski definition) is 1. The average molecular weight is 302 g/mol. The fourth-order valence-corrected chi connectivity index (χ4v) is 2.88. The Morgan fingerprint density at radius 2 is 1.90 bits per heavy atom. The lowest BCUT2D eigenvalue weighted by Crippen LogP contribution is -2.14. The minimum absolute atomic E-state index is 0.0164. The third-order valence-corrected chi connectivity index (χ3v) is 4.48. The highest BCUT2D eigenvalue weighted by Gasteiger charge is 2.15. The Hall–Kier alpha value is -2.52. The van der Waals surface area contributed by atoms with Gasteiger partial charge in [0.1, 0.15) is 12.4 Å². The van der Waals surface area contributed by atoms with Crippen molar-refractivity contribution in [2.24, 2.45) is 0 Å². The first-order valence-electron chi connectivity index (χ1n) is 6.22. The standard InChI is InChI=1S/C15H14N2O3S/c16-11-12-3-1-6-15(9-12)21(18,19)8-7-20-14-5-2-4-13(17)10-14/h1-6,9-10H,7-8,17H2. The van der Waals surface area contributed by atoms with Gasteiger partial charge in [0, 0.05) is 11.8 Å². The smallest absolute Gasteiger partial charge is 0.181 e. The highest BCUT2D eigenvalue weighted by Crippen LogP contribution is 2.16. The molecule has 2 aromatic carbocycles. The van der Waals surface area contributed by atoms with Crippen molar-refractivity contribution in [3.63, 3.8) is 0 Å². The van der Waals surface area contributed by atoms with Crippen LogP contribution in [0.4, 0.5) is 5.69 Å². The van der Waals surface area contributed by atoms with E-state index in [0.717, 1.165) is 0 Å². The lowest BCUT2D eigenvalue weighted by atomic mass is 10.2. The number of anilines is 1. The molecule has 2 aromatic rings. The molecule has 0 spiro atoms. The second-order valence-corrected chi connectivity index (χ2v) is 6.49. The largest absolute Gasteiger partial charge is 0.492 e. The topological polar surface area (TPSA) is 93.2 Å². The maximum Gasteiger partial charge on any atom is 0.181 e. The molecule has 0 bridgehead atoms. The minimum Gasteiger partial charge on any atom is -0.492 e. The van der Waals surface area contributed by atoms with E-state index >= 15 is 0 Å². The van der Waals surface area contributed by atoms with Gasteiger partial charge in [-0.05, 0) is 30.3 Å². The molecule has 0 saturated heterocycles. The minimum atomic E-state index is -3.48. The van der Waals surface area contributed by atoms with Gasteiger partial charge in [0.05, 0.1) is 22.3 Å². The summed E-state index contributed by atoms with van der Waals surface area (Å²) < 4.78 is 29.7. The van der Waals surface area contributed by atoms with Crippen molar-refractivity contribution in [2.75, 3.05) is 18.1 Å². The lowest BCUT2D eigenvalue weighted by molar-refractivity contribution is 0.341. The Morgan fingerprint density at radius 1 is 1.14 bits per heavy atom. The van der Waals surface area contributed by atoms with Crippen LogP contribution in [0.1, 0.15) is 5.56 Å². The summed E-state index contributed by atoms with van der Waals surface area (Å²) in [6.07, 6.45) is 0. The van der Waals surface area contributed by atoms with Crippen LogP contribution in [-0.2, 0) is 9.84 Å². The van der Waals surface area contributed by atoms with Gasteiger partial charge in [0.2, 0.25) is 0 Å². The molecule has 21 heavy (non-hydrogen) atoms. The van der Waals surface area contributed by atoms with Crippen LogP contribution in [0.5, 0.6) is 5.75 Å². The van der Waals surface area contributed by atoms with Crippen molar-refractivity contribution in [1.82, 2.24) is 0 Å². The second kappa shape index (κ2) is 6.29. The van der Waals surface area contributed by atoms with Crippen molar-refractivity contribution in [2.45, 2.75) is 4.90 Å².